The van der Waals surface area contributed by atoms with Crippen LogP contribution in [0.1, 0.15) is 16.9 Å². The molecule has 2 aromatic heterocycles. The van der Waals surface area contributed by atoms with Crippen molar-refractivity contribution in [2.24, 2.45) is 0 Å². The van der Waals surface area contributed by atoms with Crippen molar-refractivity contribution < 1.29 is 14.6 Å². The number of hydrogen-bond donors (Lipinski definition) is 1. The van der Waals surface area contributed by atoms with Gasteiger partial charge in [-0.15, -0.1) is 5.10 Å². The number of aromatic nitrogens is 3. The number of carboxylic acid groups (broad SMARTS) is 1. The van der Waals surface area contributed by atoms with Gasteiger partial charge in [-0.2, -0.15) is 0 Å². The predicted molar refractivity (Wildman–Crippen MR) is 67.6 cm³/mol. The second-order valence-corrected chi connectivity index (χ2v) is 4.50. The van der Waals surface area contributed by atoms with Gasteiger partial charge in [0.15, 0.2) is 11.3 Å². The minimum atomic E-state index is -1.03. The highest BCUT2D eigenvalue weighted by Gasteiger charge is 2.24. The van der Waals surface area contributed by atoms with E-state index >= 15 is 0 Å². The molecule has 1 aliphatic heterocycles. The zero-order valence-corrected chi connectivity index (χ0v) is 10.5. The highest BCUT2D eigenvalue weighted by molar-refractivity contribution is 5.86. The fourth-order valence-corrected chi connectivity index (χ4v) is 2.31. The maximum atomic E-state index is 11.1. The third kappa shape index (κ3) is 2.01. The van der Waals surface area contributed by atoms with Gasteiger partial charge in [-0.25, -0.2) is 14.3 Å². The van der Waals surface area contributed by atoms with Crippen molar-refractivity contribution in [2.45, 2.75) is 12.5 Å². The van der Waals surface area contributed by atoms with Crippen molar-refractivity contribution in [3.8, 4) is 0 Å². The molecule has 1 fully saturated rings. The number of carbonyl (C=O) groups is 1. The average Bonchev–Trinajstić information content (AvgIpc) is 3.04. The van der Waals surface area contributed by atoms with Gasteiger partial charge in [0.05, 0.1) is 12.3 Å². The molecule has 7 nitrogen and oxygen atoms in total. The van der Waals surface area contributed by atoms with E-state index in [0.717, 1.165) is 25.3 Å². The van der Waals surface area contributed by atoms with Gasteiger partial charge in [0.2, 0.25) is 0 Å². The Hall–Kier alpha value is -2.15. The van der Waals surface area contributed by atoms with Crippen LogP contribution in [0, 0.1) is 0 Å². The molecule has 0 aromatic carbocycles. The topological polar surface area (TPSA) is 80.0 Å². The van der Waals surface area contributed by atoms with E-state index in [2.05, 4.69) is 15.0 Å². The Balaban J connectivity index is 1.97. The SMILES string of the molecule is CO[C@H]1CCN(c2ccc3ncc(C(=O)O)n3n2)C1. The number of methoxy groups -OCH3 is 1. The minimum absolute atomic E-state index is 0.0688. The standard InChI is InChI=1S/C12H14N4O3/c1-19-8-4-5-15(7-8)11-3-2-10-13-6-9(12(17)18)16(10)14-11/h2-3,6,8H,4-5,7H2,1H3,(H,17,18)/t8-/m0/s1. The number of fused-ring (bicyclic) bond motifs is 1. The van der Waals surface area contributed by atoms with E-state index in [9.17, 15) is 4.79 Å². The Morgan fingerprint density at radius 2 is 2.37 bits per heavy atom. The van der Waals surface area contributed by atoms with E-state index in [0.29, 0.717) is 5.65 Å². The molecule has 0 amide bonds. The van der Waals surface area contributed by atoms with Gasteiger partial charge in [0, 0.05) is 20.2 Å². The van der Waals surface area contributed by atoms with Crippen LogP contribution in [0.5, 0.6) is 0 Å². The number of imidazole rings is 1. The van der Waals surface area contributed by atoms with Crippen LogP contribution >= 0.6 is 0 Å². The number of nitrogens with zero attached hydrogens (tertiary/aromatic N) is 4. The number of aromatic carboxylic acids is 1. The summed E-state index contributed by atoms with van der Waals surface area (Å²) in [5, 5.41) is 13.4. The van der Waals surface area contributed by atoms with Crippen LogP contribution in [-0.2, 0) is 4.74 Å². The largest absolute Gasteiger partial charge is 0.476 e. The maximum absolute atomic E-state index is 11.1. The van der Waals surface area contributed by atoms with Crippen LogP contribution in [0.25, 0.3) is 5.65 Å². The lowest BCUT2D eigenvalue weighted by Gasteiger charge is -2.16. The van der Waals surface area contributed by atoms with E-state index in [1.165, 1.54) is 10.7 Å². The first-order valence-electron chi connectivity index (χ1n) is 6.05. The monoisotopic (exact) mass is 262 g/mol. The van der Waals surface area contributed by atoms with Crippen LogP contribution in [0.4, 0.5) is 5.82 Å². The number of carboxylic acids is 1. The van der Waals surface area contributed by atoms with Gasteiger partial charge in [-0.05, 0) is 18.6 Å². The van der Waals surface area contributed by atoms with E-state index < -0.39 is 5.97 Å². The Bertz CT molecular complexity index is 624. The molecule has 0 spiro atoms. The normalized spacial score (nSPS) is 19.2. The fraction of sp³-hybridized carbons (Fsp3) is 0.417. The summed E-state index contributed by atoms with van der Waals surface area (Å²) in [5.74, 6) is -0.291. The van der Waals surface area contributed by atoms with Crippen LogP contribution in [0.2, 0.25) is 0 Å². The molecule has 0 bridgehead atoms. The zero-order chi connectivity index (χ0) is 13.4. The summed E-state index contributed by atoms with van der Waals surface area (Å²) in [7, 11) is 1.70. The van der Waals surface area contributed by atoms with Crippen molar-refractivity contribution >= 4 is 17.4 Å². The van der Waals surface area contributed by atoms with Crippen LogP contribution < -0.4 is 4.90 Å². The van der Waals surface area contributed by atoms with Crippen LogP contribution in [0.15, 0.2) is 18.3 Å². The quantitative estimate of drug-likeness (QED) is 0.875. The van der Waals surface area contributed by atoms with Crippen molar-refractivity contribution in [1.82, 2.24) is 14.6 Å². The fourth-order valence-electron chi connectivity index (χ4n) is 2.31. The summed E-state index contributed by atoms with van der Waals surface area (Å²) < 4.78 is 6.67. The number of anilines is 1. The van der Waals surface area contributed by atoms with Crippen molar-refractivity contribution in [3.05, 3.63) is 24.0 Å². The maximum Gasteiger partial charge on any atom is 0.356 e. The molecule has 1 atom stereocenters. The van der Waals surface area contributed by atoms with Gasteiger partial charge >= 0.3 is 5.97 Å². The van der Waals surface area contributed by atoms with Crippen LogP contribution in [0.3, 0.4) is 0 Å². The first-order valence-corrected chi connectivity index (χ1v) is 6.05. The van der Waals surface area contributed by atoms with Gasteiger partial charge < -0.3 is 14.7 Å². The Morgan fingerprint density at radius 1 is 1.53 bits per heavy atom. The molecule has 1 saturated heterocycles. The smallest absolute Gasteiger partial charge is 0.356 e. The second kappa shape index (κ2) is 4.51. The molecule has 3 heterocycles. The third-order valence-corrected chi connectivity index (χ3v) is 3.37. The third-order valence-electron chi connectivity index (χ3n) is 3.37. The van der Waals surface area contributed by atoms with Crippen molar-refractivity contribution in [3.63, 3.8) is 0 Å². The molecule has 0 saturated carbocycles. The molecule has 0 unspecified atom stereocenters. The lowest BCUT2D eigenvalue weighted by molar-refractivity contribution is 0.0688. The summed E-state index contributed by atoms with van der Waals surface area (Å²) >= 11 is 0. The Kier molecular flexibility index (Phi) is 2.83. The molecule has 19 heavy (non-hydrogen) atoms. The number of rotatable bonds is 3. The highest BCUT2D eigenvalue weighted by Crippen LogP contribution is 2.20. The Labute approximate surface area is 109 Å². The second-order valence-electron chi connectivity index (χ2n) is 4.50. The summed E-state index contributed by atoms with van der Waals surface area (Å²) in [5.41, 5.74) is 0.600. The summed E-state index contributed by atoms with van der Waals surface area (Å²) in [6, 6.07) is 3.63. The summed E-state index contributed by atoms with van der Waals surface area (Å²) in [4.78, 5) is 17.2. The molecular formula is C12H14N4O3. The summed E-state index contributed by atoms with van der Waals surface area (Å²) in [6.45, 7) is 1.63. The Morgan fingerprint density at radius 3 is 3.05 bits per heavy atom. The highest BCUT2D eigenvalue weighted by atomic mass is 16.5. The van der Waals surface area contributed by atoms with Gasteiger partial charge in [0.1, 0.15) is 5.82 Å². The molecule has 0 aliphatic carbocycles. The molecule has 3 rings (SSSR count). The predicted octanol–water partition coefficient (Wildman–Crippen LogP) is 0.653. The summed E-state index contributed by atoms with van der Waals surface area (Å²) in [6.07, 6.45) is 2.47. The number of ether oxygens (including phenoxy) is 1. The molecule has 7 heteroatoms. The van der Waals surface area contributed by atoms with E-state index in [1.54, 1.807) is 13.2 Å². The average molecular weight is 262 g/mol. The first-order chi connectivity index (χ1) is 9.19. The van der Waals surface area contributed by atoms with Crippen LogP contribution in [-0.4, -0.2) is 52.0 Å². The van der Waals surface area contributed by atoms with E-state index in [4.69, 9.17) is 9.84 Å². The molecule has 0 radical (unpaired) electrons. The van der Waals surface area contributed by atoms with E-state index in [-0.39, 0.29) is 11.8 Å². The van der Waals surface area contributed by atoms with Gasteiger partial charge in [0.25, 0.3) is 0 Å². The molecule has 2 aromatic rings. The van der Waals surface area contributed by atoms with Gasteiger partial charge in [-0.1, -0.05) is 0 Å². The molecule has 1 N–H and O–H groups in total. The van der Waals surface area contributed by atoms with Crippen molar-refractivity contribution in [1.29, 1.82) is 0 Å². The molecule has 100 valence electrons. The van der Waals surface area contributed by atoms with Crippen molar-refractivity contribution in [2.75, 3.05) is 25.1 Å². The lowest BCUT2D eigenvalue weighted by Crippen LogP contribution is -2.24. The van der Waals surface area contributed by atoms with E-state index in [1.807, 2.05) is 6.07 Å². The lowest BCUT2D eigenvalue weighted by atomic mass is 10.3. The number of hydrogen-bond acceptors (Lipinski definition) is 5. The molecule has 1 aliphatic rings. The minimum Gasteiger partial charge on any atom is -0.476 e. The van der Waals surface area contributed by atoms with Gasteiger partial charge in [-0.3, -0.25) is 0 Å². The zero-order valence-electron chi connectivity index (χ0n) is 10.5. The first kappa shape index (κ1) is 11.9. The molecular weight excluding hydrogens is 248 g/mol.